The van der Waals surface area contributed by atoms with E-state index in [1.807, 2.05) is 26.0 Å². The van der Waals surface area contributed by atoms with Gasteiger partial charge in [0, 0.05) is 25.3 Å². The fraction of sp³-hybridized carbons (Fsp3) is 0.316. The maximum absolute atomic E-state index is 13.0. The van der Waals surface area contributed by atoms with Crippen LogP contribution < -0.4 is 5.32 Å². The summed E-state index contributed by atoms with van der Waals surface area (Å²) >= 11 is 0. The van der Waals surface area contributed by atoms with Crippen LogP contribution >= 0.6 is 0 Å². The fourth-order valence-electron chi connectivity index (χ4n) is 2.91. The Morgan fingerprint density at radius 2 is 1.70 bits per heavy atom. The number of benzene rings is 2. The topological polar surface area (TPSA) is 69.7 Å². The highest BCUT2D eigenvalue weighted by Gasteiger charge is 2.37. The van der Waals surface area contributed by atoms with Crippen LogP contribution in [0, 0.1) is 19.7 Å². The van der Waals surface area contributed by atoms with Gasteiger partial charge in [-0.2, -0.15) is 17.0 Å². The van der Waals surface area contributed by atoms with Crippen molar-refractivity contribution in [3.8, 4) is 0 Å². The maximum atomic E-state index is 13.0. The molecule has 1 amide bonds. The SMILES string of the molecule is Cc1ccc(NC(=O)CN2CCN(Cc3ccc(F)cc3)S2(=O)=O)cc1C. The Bertz CT molecular complexity index is 945. The number of rotatable bonds is 5. The van der Waals surface area contributed by atoms with Crippen molar-refractivity contribution >= 4 is 21.8 Å². The lowest BCUT2D eigenvalue weighted by Gasteiger charge is -2.18. The molecule has 1 N–H and O–H groups in total. The largest absolute Gasteiger partial charge is 0.325 e. The Kier molecular flexibility index (Phi) is 5.59. The predicted molar refractivity (Wildman–Crippen MR) is 102 cm³/mol. The molecule has 0 aliphatic carbocycles. The molecule has 6 nitrogen and oxygen atoms in total. The number of amides is 1. The van der Waals surface area contributed by atoms with Crippen molar-refractivity contribution in [3.05, 3.63) is 65.0 Å². The first kappa shape index (κ1) is 19.5. The summed E-state index contributed by atoms with van der Waals surface area (Å²) < 4.78 is 40.8. The van der Waals surface area contributed by atoms with Gasteiger partial charge in [-0.15, -0.1) is 0 Å². The zero-order valence-corrected chi connectivity index (χ0v) is 16.1. The minimum atomic E-state index is -3.73. The molecule has 2 aromatic carbocycles. The lowest BCUT2D eigenvalue weighted by molar-refractivity contribution is -0.116. The van der Waals surface area contributed by atoms with E-state index in [0.717, 1.165) is 15.4 Å². The Morgan fingerprint density at radius 3 is 2.37 bits per heavy atom. The number of aryl methyl sites for hydroxylation is 2. The second-order valence-electron chi connectivity index (χ2n) is 6.65. The molecule has 1 heterocycles. The zero-order valence-electron chi connectivity index (χ0n) is 15.3. The van der Waals surface area contributed by atoms with Gasteiger partial charge in [0.25, 0.3) is 10.2 Å². The van der Waals surface area contributed by atoms with Gasteiger partial charge >= 0.3 is 0 Å². The maximum Gasteiger partial charge on any atom is 0.282 e. The number of carbonyl (C=O) groups excluding carboxylic acids is 1. The van der Waals surface area contributed by atoms with Crippen molar-refractivity contribution in [1.29, 1.82) is 0 Å². The van der Waals surface area contributed by atoms with E-state index in [1.165, 1.54) is 16.4 Å². The summed E-state index contributed by atoms with van der Waals surface area (Å²) in [4.78, 5) is 12.3. The molecule has 0 radical (unpaired) electrons. The van der Waals surface area contributed by atoms with E-state index in [2.05, 4.69) is 5.32 Å². The fourth-order valence-corrected chi connectivity index (χ4v) is 4.46. The summed E-state index contributed by atoms with van der Waals surface area (Å²) in [5, 5.41) is 2.74. The normalized spacial score (nSPS) is 17.1. The average Bonchev–Trinajstić information content (AvgIpc) is 2.87. The molecule has 1 fully saturated rings. The van der Waals surface area contributed by atoms with Crippen molar-refractivity contribution < 1.29 is 17.6 Å². The van der Waals surface area contributed by atoms with E-state index < -0.39 is 10.2 Å². The third-order valence-corrected chi connectivity index (χ3v) is 6.56. The first-order valence-electron chi connectivity index (χ1n) is 8.62. The van der Waals surface area contributed by atoms with Crippen molar-refractivity contribution in [2.45, 2.75) is 20.4 Å². The van der Waals surface area contributed by atoms with Crippen LogP contribution in [-0.4, -0.2) is 42.6 Å². The Hall–Kier alpha value is -2.29. The van der Waals surface area contributed by atoms with Crippen molar-refractivity contribution in [3.63, 3.8) is 0 Å². The molecule has 0 saturated carbocycles. The second-order valence-corrected chi connectivity index (χ2v) is 8.58. The molecule has 0 spiro atoms. The molecule has 1 aliphatic rings. The van der Waals surface area contributed by atoms with Gasteiger partial charge < -0.3 is 5.32 Å². The van der Waals surface area contributed by atoms with Gasteiger partial charge in [0.2, 0.25) is 5.91 Å². The zero-order chi connectivity index (χ0) is 19.6. The molecule has 3 rings (SSSR count). The van der Waals surface area contributed by atoms with Crippen molar-refractivity contribution in [2.24, 2.45) is 0 Å². The summed E-state index contributed by atoms with van der Waals surface area (Å²) in [6.45, 7) is 4.37. The Morgan fingerprint density at radius 1 is 1.04 bits per heavy atom. The molecule has 1 aliphatic heterocycles. The Labute approximate surface area is 158 Å². The summed E-state index contributed by atoms with van der Waals surface area (Å²) in [6, 6.07) is 11.3. The second kappa shape index (κ2) is 7.75. The Balaban J connectivity index is 1.62. The smallest absolute Gasteiger partial charge is 0.282 e. The van der Waals surface area contributed by atoms with Crippen LogP contribution in [0.25, 0.3) is 0 Å². The molecule has 0 atom stereocenters. The molecule has 2 aromatic rings. The molecule has 8 heteroatoms. The number of nitrogens with zero attached hydrogens (tertiary/aromatic N) is 2. The molecule has 0 bridgehead atoms. The van der Waals surface area contributed by atoms with Crippen LogP contribution in [0.2, 0.25) is 0 Å². The number of anilines is 1. The minimum Gasteiger partial charge on any atom is -0.325 e. The van der Waals surface area contributed by atoms with E-state index in [-0.39, 0.29) is 37.9 Å². The molecule has 27 heavy (non-hydrogen) atoms. The van der Waals surface area contributed by atoms with E-state index >= 15 is 0 Å². The molecule has 144 valence electrons. The highest BCUT2D eigenvalue weighted by molar-refractivity contribution is 7.87. The van der Waals surface area contributed by atoms with Crippen LogP contribution in [0.1, 0.15) is 16.7 Å². The van der Waals surface area contributed by atoms with Gasteiger partial charge in [0.05, 0.1) is 6.54 Å². The van der Waals surface area contributed by atoms with Gasteiger partial charge in [-0.25, -0.2) is 4.39 Å². The lowest BCUT2D eigenvalue weighted by Crippen LogP contribution is -2.37. The van der Waals surface area contributed by atoms with Crippen LogP contribution in [0.15, 0.2) is 42.5 Å². The minimum absolute atomic E-state index is 0.151. The summed E-state index contributed by atoms with van der Waals surface area (Å²) in [5.41, 5.74) is 3.50. The van der Waals surface area contributed by atoms with Gasteiger partial charge in [-0.1, -0.05) is 18.2 Å². The summed E-state index contributed by atoms with van der Waals surface area (Å²) in [6.07, 6.45) is 0. The quantitative estimate of drug-likeness (QED) is 0.851. The number of hydrogen-bond acceptors (Lipinski definition) is 3. The highest BCUT2D eigenvalue weighted by atomic mass is 32.2. The molecule has 0 unspecified atom stereocenters. The summed E-state index contributed by atoms with van der Waals surface area (Å²) in [7, 11) is -3.73. The molecular formula is C19H22FN3O3S. The molecule has 0 aromatic heterocycles. The lowest BCUT2D eigenvalue weighted by atomic mass is 10.1. The summed E-state index contributed by atoms with van der Waals surface area (Å²) in [5.74, 6) is -0.752. The highest BCUT2D eigenvalue weighted by Crippen LogP contribution is 2.20. The van der Waals surface area contributed by atoms with Gasteiger partial charge in [-0.05, 0) is 54.8 Å². The molecular weight excluding hydrogens is 369 g/mol. The van der Waals surface area contributed by atoms with Gasteiger partial charge in [-0.3, -0.25) is 4.79 Å². The number of carbonyl (C=O) groups is 1. The van der Waals surface area contributed by atoms with Crippen LogP contribution in [0.3, 0.4) is 0 Å². The first-order chi connectivity index (χ1) is 12.8. The average molecular weight is 391 g/mol. The van der Waals surface area contributed by atoms with Crippen molar-refractivity contribution in [2.75, 3.05) is 25.0 Å². The van der Waals surface area contributed by atoms with E-state index in [1.54, 1.807) is 18.2 Å². The van der Waals surface area contributed by atoms with E-state index in [0.29, 0.717) is 11.3 Å². The third kappa shape index (κ3) is 4.52. The van der Waals surface area contributed by atoms with Crippen LogP contribution in [0.5, 0.6) is 0 Å². The van der Waals surface area contributed by atoms with Gasteiger partial charge in [0.1, 0.15) is 5.82 Å². The van der Waals surface area contributed by atoms with E-state index in [9.17, 15) is 17.6 Å². The molecule has 1 saturated heterocycles. The monoisotopic (exact) mass is 391 g/mol. The number of hydrogen-bond donors (Lipinski definition) is 1. The number of nitrogens with one attached hydrogen (secondary N) is 1. The first-order valence-corrected chi connectivity index (χ1v) is 10.0. The van der Waals surface area contributed by atoms with Crippen LogP contribution in [-0.2, 0) is 21.5 Å². The van der Waals surface area contributed by atoms with Crippen molar-refractivity contribution in [1.82, 2.24) is 8.61 Å². The standard InChI is InChI=1S/C19H22FN3O3S/c1-14-3-8-18(11-15(14)2)21-19(24)13-23-10-9-22(27(23,25)26)12-16-4-6-17(20)7-5-16/h3-8,11H,9-10,12-13H2,1-2H3,(H,21,24). The number of halogens is 1. The van der Waals surface area contributed by atoms with E-state index in [4.69, 9.17) is 0 Å². The van der Waals surface area contributed by atoms with Gasteiger partial charge in [0.15, 0.2) is 0 Å². The van der Waals surface area contributed by atoms with Crippen LogP contribution in [0.4, 0.5) is 10.1 Å². The predicted octanol–water partition coefficient (Wildman–Crippen LogP) is 2.44. The third-order valence-electron chi connectivity index (χ3n) is 4.63.